The van der Waals surface area contributed by atoms with Crippen molar-refractivity contribution >= 4 is 59.7 Å². The van der Waals surface area contributed by atoms with E-state index in [2.05, 4.69) is 10.3 Å². The molecular weight excluding hydrogens is 504 g/mol. The summed E-state index contributed by atoms with van der Waals surface area (Å²) in [5.41, 5.74) is 0. The fourth-order valence-electron chi connectivity index (χ4n) is 5.00. The maximum atomic E-state index is 13.3. The van der Waals surface area contributed by atoms with E-state index in [1.54, 1.807) is 22.5 Å². The number of anilines is 1. The molecule has 1 saturated heterocycles. The molecule has 1 aromatic carbocycles. The highest BCUT2D eigenvalue weighted by molar-refractivity contribution is 7.91. The number of aromatic nitrogens is 1. The summed E-state index contributed by atoms with van der Waals surface area (Å²) in [5, 5.41) is 6.01. The van der Waals surface area contributed by atoms with Gasteiger partial charge in [0.05, 0.1) is 6.54 Å². The van der Waals surface area contributed by atoms with Gasteiger partial charge in [-0.1, -0.05) is 50.3 Å². The first kappa shape index (κ1) is 24.4. The Labute approximate surface area is 213 Å². The summed E-state index contributed by atoms with van der Waals surface area (Å²) >= 11 is 2.54. The molecule has 35 heavy (non-hydrogen) atoms. The Bertz CT molecular complexity index is 1270. The number of thiazole rings is 1. The van der Waals surface area contributed by atoms with E-state index in [1.165, 1.54) is 33.4 Å². The summed E-state index contributed by atoms with van der Waals surface area (Å²) in [7, 11) is -3.80. The van der Waals surface area contributed by atoms with Crippen molar-refractivity contribution in [3.63, 3.8) is 0 Å². The number of piperazine rings is 1. The first-order valence-corrected chi connectivity index (χ1v) is 15.0. The first-order chi connectivity index (χ1) is 16.9. The van der Waals surface area contributed by atoms with Crippen LogP contribution in [-0.4, -0.2) is 60.1 Å². The van der Waals surface area contributed by atoms with Crippen molar-refractivity contribution in [2.24, 2.45) is 5.92 Å². The van der Waals surface area contributed by atoms with Gasteiger partial charge in [0.25, 0.3) is 10.0 Å². The molecule has 0 bridgehead atoms. The average molecular weight is 533 g/mol. The first-order valence-electron chi connectivity index (χ1n) is 11.9. The van der Waals surface area contributed by atoms with E-state index < -0.39 is 16.1 Å². The predicted octanol–water partition coefficient (Wildman–Crippen LogP) is 4.17. The molecule has 3 heterocycles. The molecule has 0 spiro atoms. The zero-order valence-corrected chi connectivity index (χ0v) is 21.7. The lowest BCUT2D eigenvalue weighted by molar-refractivity contribution is -0.142. The maximum Gasteiger partial charge on any atom is 0.253 e. The molecular formula is C24H28N4O4S3. The molecule has 186 valence electrons. The van der Waals surface area contributed by atoms with E-state index in [9.17, 15) is 18.0 Å². The van der Waals surface area contributed by atoms with Gasteiger partial charge < -0.3 is 10.2 Å². The highest BCUT2D eigenvalue weighted by Gasteiger charge is 2.39. The van der Waals surface area contributed by atoms with Gasteiger partial charge in [0, 0.05) is 29.4 Å². The van der Waals surface area contributed by atoms with Crippen LogP contribution in [-0.2, 0) is 19.6 Å². The van der Waals surface area contributed by atoms with Crippen LogP contribution in [0.1, 0.15) is 38.5 Å². The summed E-state index contributed by atoms with van der Waals surface area (Å²) in [6.07, 6.45) is 7.80. The smallest absolute Gasteiger partial charge is 0.253 e. The molecule has 1 N–H and O–H groups in total. The molecule has 1 atom stereocenters. The van der Waals surface area contributed by atoms with Gasteiger partial charge >= 0.3 is 0 Å². The normalized spacial score (nSPS) is 19.2. The topological polar surface area (TPSA) is 99.7 Å². The van der Waals surface area contributed by atoms with E-state index >= 15 is 0 Å². The third-order valence-electron chi connectivity index (χ3n) is 6.84. The number of carbonyl (C=O) groups excluding carboxylic acids is 2. The van der Waals surface area contributed by atoms with Crippen molar-refractivity contribution in [3.05, 3.63) is 41.9 Å². The fraction of sp³-hybridized carbons (Fsp3) is 0.458. The van der Waals surface area contributed by atoms with Gasteiger partial charge in [0.15, 0.2) is 5.13 Å². The molecule has 2 aromatic heterocycles. The van der Waals surface area contributed by atoms with Crippen molar-refractivity contribution in [1.29, 1.82) is 0 Å². The van der Waals surface area contributed by atoms with Gasteiger partial charge in [-0.25, -0.2) is 13.4 Å². The molecule has 3 aromatic rings. The lowest BCUT2D eigenvalue weighted by atomic mass is 9.84. The van der Waals surface area contributed by atoms with Crippen LogP contribution in [0.3, 0.4) is 0 Å². The Morgan fingerprint density at radius 1 is 1.17 bits per heavy atom. The van der Waals surface area contributed by atoms with Crippen molar-refractivity contribution in [3.8, 4) is 0 Å². The molecule has 2 amide bonds. The Balaban J connectivity index is 1.33. The maximum absolute atomic E-state index is 13.3. The van der Waals surface area contributed by atoms with Gasteiger partial charge in [0.1, 0.15) is 10.3 Å². The zero-order valence-electron chi connectivity index (χ0n) is 19.3. The number of amides is 2. The molecule has 1 unspecified atom stereocenters. The standard InChI is InChI=1S/C24H28N4O4S3/c29-21-16-27(35(31,32)22-15-18-8-4-5-9-20(18)34-22)11-12-28(21)19(14-17-6-2-1-3-7-17)23(30)26-24-25-10-13-33-24/h4-5,8-10,13,15,17,19H,1-3,6-7,11-12,14,16H2,(H,25,26,30). The Kier molecular flexibility index (Phi) is 7.19. The van der Waals surface area contributed by atoms with Gasteiger partial charge in [-0.3, -0.25) is 9.59 Å². The van der Waals surface area contributed by atoms with Gasteiger partial charge in [-0.2, -0.15) is 4.31 Å². The van der Waals surface area contributed by atoms with Crippen LogP contribution in [0.2, 0.25) is 0 Å². The molecule has 5 rings (SSSR count). The number of hydrogen-bond acceptors (Lipinski definition) is 7. The van der Waals surface area contributed by atoms with Crippen molar-refractivity contribution < 1.29 is 18.0 Å². The molecule has 8 nitrogen and oxygen atoms in total. The molecule has 0 radical (unpaired) electrons. The second kappa shape index (κ2) is 10.3. The summed E-state index contributed by atoms with van der Waals surface area (Å²) in [4.78, 5) is 32.3. The summed E-state index contributed by atoms with van der Waals surface area (Å²) in [6.45, 7) is 0.0852. The number of rotatable bonds is 7. The highest BCUT2D eigenvalue weighted by atomic mass is 32.2. The van der Waals surface area contributed by atoms with Crippen molar-refractivity contribution in [1.82, 2.24) is 14.2 Å². The van der Waals surface area contributed by atoms with Gasteiger partial charge in [-0.15, -0.1) is 22.7 Å². The van der Waals surface area contributed by atoms with Crippen LogP contribution >= 0.6 is 22.7 Å². The number of sulfonamides is 1. The van der Waals surface area contributed by atoms with E-state index in [0.717, 1.165) is 35.8 Å². The zero-order chi connectivity index (χ0) is 24.4. The lowest BCUT2D eigenvalue weighted by Gasteiger charge is -2.39. The van der Waals surface area contributed by atoms with Crippen LogP contribution < -0.4 is 5.32 Å². The molecule has 2 aliphatic rings. The number of hydrogen-bond donors (Lipinski definition) is 1. The number of carbonyl (C=O) groups is 2. The van der Waals surface area contributed by atoms with Crippen LogP contribution in [0.4, 0.5) is 5.13 Å². The minimum atomic E-state index is -3.80. The predicted molar refractivity (Wildman–Crippen MR) is 138 cm³/mol. The summed E-state index contributed by atoms with van der Waals surface area (Å²) < 4.78 is 29.0. The molecule has 1 saturated carbocycles. The van der Waals surface area contributed by atoms with Crippen LogP contribution in [0, 0.1) is 5.92 Å². The SMILES string of the molecule is O=C(Nc1nccs1)C(CC1CCCCC1)N1CCN(S(=O)(=O)c2cc3ccccc3s2)CC1=O. The van der Waals surface area contributed by atoms with Gasteiger partial charge in [0.2, 0.25) is 11.8 Å². The van der Waals surface area contributed by atoms with E-state index in [1.807, 2.05) is 24.3 Å². The number of thiophene rings is 1. The molecule has 11 heteroatoms. The van der Waals surface area contributed by atoms with Crippen LogP contribution in [0.5, 0.6) is 0 Å². The highest BCUT2D eigenvalue weighted by Crippen LogP contribution is 2.33. The second-order valence-electron chi connectivity index (χ2n) is 9.11. The van der Waals surface area contributed by atoms with Crippen molar-refractivity contribution in [2.45, 2.75) is 48.8 Å². The molecule has 1 aliphatic heterocycles. The summed E-state index contributed by atoms with van der Waals surface area (Å²) in [6, 6.07) is 8.55. The Hall–Kier alpha value is -2.34. The summed E-state index contributed by atoms with van der Waals surface area (Å²) in [5.74, 6) is -0.209. The minimum absolute atomic E-state index is 0.161. The number of benzene rings is 1. The average Bonchev–Trinajstić information content (AvgIpc) is 3.53. The monoisotopic (exact) mass is 532 g/mol. The molecule has 2 fully saturated rings. The third kappa shape index (κ3) is 5.28. The van der Waals surface area contributed by atoms with Crippen molar-refractivity contribution in [2.75, 3.05) is 25.0 Å². The number of fused-ring (bicyclic) bond motifs is 1. The van der Waals surface area contributed by atoms with Crippen LogP contribution in [0.15, 0.2) is 46.1 Å². The fourth-order valence-corrected chi connectivity index (χ4v) is 8.47. The third-order valence-corrected chi connectivity index (χ3v) is 10.9. The lowest BCUT2D eigenvalue weighted by Crippen LogP contribution is -2.58. The van der Waals surface area contributed by atoms with E-state index in [0.29, 0.717) is 17.5 Å². The largest absolute Gasteiger partial charge is 0.328 e. The molecule has 1 aliphatic carbocycles. The van der Waals surface area contributed by atoms with E-state index in [-0.39, 0.29) is 35.7 Å². The number of nitrogens with one attached hydrogen (secondary N) is 1. The Morgan fingerprint density at radius 2 is 1.97 bits per heavy atom. The van der Waals surface area contributed by atoms with Crippen LogP contribution in [0.25, 0.3) is 10.1 Å². The second-order valence-corrected chi connectivity index (χ2v) is 13.3. The van der Waals surface area contributed by atoms with Gasteiger partial charge in [-0.05, 0) is 29.9 Å². The van der Waals surface area contributed by atoms with E-state index in [4.69, 9.17) is 0 Å². The number of nitrogens with zero attached hydrogens (tertiary/aromatic N) is 3. The minimum Gasteiger partial charge on any atom is -0.328 e. The quantitative estimate of drug-likeness (QED) is 0.492. The Morgan fingerprint density at radius 3 is 2.69 bits per heavy atom.